The summed E-state index contributed by atoms with van der Waals surface area (Å²) in [5.41, 5.74) is 4.96. The molecule has 0 bridgehead atoms. The summed E-state index contributed by atoms with van der Waals surface area (Å²) in [6, 6.07) is 10.1. The molecule has 166 valence electrons. The molecule has 0 saturated heterocycles. The minimum atomic E-state index is -3.68. The fourth-order valence-corrected chi connectivity index (χ4v) is 5.78. The number of amidine groups is 3. The summed E-state index contributed by atoms with van der Waals surface area (Å²) in [6.07, 6.45) is 2.49. The maximum Gasteiger partial charge on any atom is 0.283 e. The van der Waals surface area contributed by atoms with Gasteiger partial charge in [0.2, 0.25) is 20.2 Å². The highest BCUT2D eigenvalue weighted by Gasteiger charge is 2.42. The number of nitrogens with one attached hydrogen (secondary N) is 1. The first-order valence-electron chi connectivity index (χ1n) is 10.2. The number of aryl methyl sites for hydroxylation is 2. The van der Waals surface area contributed by atoms with E-state index in [1.165, 1.54) is 12.5 Å². The van der Waals surface area contributed by atoms with E-state index in [1.807, 2.05) is 32.0 Å². The minimum absolute atomic E-state index is 0.0271. The Hall–Kier alpha value is -2.98. The van der Waals surface area contributed by atoms with E-state index < -0.39 is 15.7 Å². The molecular formula is C22H23N5O3S2. The molecule has 1 N–H and O–H groups in total. The van der Waals surface area contributed by atoms with Gasteiger partial charge >= 0.3 is 0 Å². The van der Waals surface area contributed by atoms with Crippen molar-refractivity contribution in [3.8, 4) is 5.69 Å². The van der Waals surface area contributed by atoms with Crippen LogP contribution in [-0.4, -0.2) is 45.7 Å². The summed E-state index contributed by atoms with van der Waals surface area (Å²) in [4.78, 5) is 17.8. The van der Waals surface area contributed by atoms with Gasteiger partial charge in [-0.15, -0.1) is 0 Å². The van der Waals surface area contributed by atoms with Gasteiger partial charge in [0.05, 0.1) is 23.3 Å². The molecule has 0 spiro atoms. The highest BCUT2D eigenvalue weighted by molar-refractivity contribution is 8.16. The van der Waals surface area contributed by atoms with Crippen molar-refractivity contribution in [3.63, 3.8) is 0 Å². The molecule has 0 radical (unpaired) electrons. The second-order valence-corrected chi connectivity index (χ2v) is 10.4. The molecule has 2 aromatic rings. The summed E-state index contributed by atoms with van der Waals surface area (Å²) < 4.78 is 30.9. The molecule has 1 amide bonds. The van der Waals surface area contributed by atoms with Crippen molar-refractivity contribution >= 4 is 49.9 Å². The van der Waals surface area contributed by atoms with Gasteiger partial charge in [-0.05, 0) is 49.6 Å². The van der Waals surface area contributed by atoms with Crippen LogP contribution in [0.5, 0.6) is 0 Å². The van der Waals surface area contributed by atoms with Gasteiger partial charge in [0.1, 0.15) is 5.84 Å². The Kier molecular flexibility index (Phi) is 5.68. The van der Waals surface area contributed by atoms with Crippen LogP contribution in [0.15, 0.2) is 45.3 Å². The SMILES string of the molecule is CCc1ccccc1-n1c(C)cc(/C=C2/C(=N)N3C(=NC2=O)SN=C3S(=O)(=O)CC)c1C. The molecule has 2 aliphatic heterocycles. The lowest BCUT2D eigenvalue weighted by Crippen LogP contribution is -2.45. The Balaban J connectivity index is 1.80. The smallest absolute Gasteiger partial charge is 0.283 e. The van der Waals surface area contributed by atoms with E-state index in [0.717, 1.165) is 45.9 Å². The lowest BCUT2D eigenvalue weighted by Gasteiger charge is -2.24. The van der Waals surface area contributed by atoms with Crippen molar-refractivity contribution in [2.75, 3.05) is 5.75 Å². The van der Waals surface area contributed by atoms with E-state index in [1.54, 1.807) is 6.08 Å². The number of rotatable bonds is 4. The lowest BCUT2D eigenvalue weighted by molar-refractivity contribution is -0.114. The fourth-order valence-electron chi connectivity index (χ4n) is 3.82. The molecule has 0 fully saturated rings. The summed E-state index contributed by atoms with van der Waals surface area (Å²) in [5, 5.41) is 8.42. The molecule has 10 heteroatoms. The van der Waals surface area contributed by atoms with Crippen molar-refractivity contribution in [1.82, 2.24) is 9.47 Å². The molecule has 4 rings (SSSR count). The largest absolute Gasteiger partial charge is 0.318 e. The summed E-state index contributed by atoms with van der Waals surface area (Å²) in [5.74, 6) is -0.980. The molecule has 0 saturated carbocycles. The van der Waals surface area contributed by atoms with Crippen LogP contribution in [0, 0.1) is 19.3 Å². The predicted octanol–water partition coefficient (Wildman–Crippen LogP) is 3.67. The molecule has 0 atom stereocenters. The first-order chi connectivity index (χ1) is 15.2. The van der Waals surface area contributed by atoms with Gasteiger partial charge in [-0.1, -0.05) is 32.0 Å². The first-order valence-corrected chi connectivity index (χ1v) is 12.6. The number of carbonyl (C=O) groups is 1. The van der Waals surface area contributed by atoms with E-state index in [4.69, 9.17) is 5.41 Å². The maximum absolute atomic E-state index is 12.7. The Bertz CT molecular complexity index is 1350. The predicted molar refractivity (Wildman–Crippen MR) is 129 cm³/mol. The highest BCUT2D eigenvalue weighted by Crippen LogP contribution is 2.31. The fraction of sp³-hybridized carbons (Fsp3) is 0.273. The van der Waals surface area contributed by atoms with Gasteiger partial charge in [0.25, 0.3) is 5.91 Å². The normalized spacial score (nSPS) is 17.6. The standard InChI is InChI=1S/C22H23N5O3S2/c1-5-15-9-7-8-10-18(15)26-13(3)11-16(14(26)4)12-17-19(23)27-21(24-20(17)28)31-25-22(27)32(29,30)6-2/h7-12,23H,5-6H2,1-4H3/b17-12-,23-19?. The molecule has 8 nitrogen and oxygen atoms in total. The van der Waals surface area contributed by atoms with Crippen LogP contribution < -0.4 is 0 Å². The third-order valence-electron chi connectivity index (χ3n) is 5.54. The van der Waals surface area contributed by atoms with Crippen molar-refractivity contribution in [3.05, 3.63) is 58.4 Å². The van der Waals surface area contributed by atoms with Crippen LogP contribution in [0.1, 0.15) is 36.4 Å². The quantitative estimate of drug-likeness (QED) is 0.543. The van der Waals surface area contributed by atoms with Crippen LogP contribution in [0.25, 0.3) is 11.8 Å². The van der Waals surface area contributed by atoms with Gasteiger partial charge in [0.15, 0.2) is 0 Å². The van der Waals surface area contributed by atoms with Crippen LogP contribution in [0.4, 0.5) is 0 Å². The average Bonchev–Trinajstić information content (AvgIpc) is 3.32. The molecule has 32 heavy (non-hydrogen) atoms. The van der Waals surface area contributed by atoms with E-state index in [0.29, 0.717) is 0 Å². The zero-order valence-electron chi connectivity index (χ0n) is 18.2. The Morgan fingerprint density at radius 2 is 1.91 bits per heavy atom. The van der Waals surface area contributed by atoms with Crippen molar-refractivity contribution < 1.29 is 13.2 Å². The zero-order chi connectivity index (χ0) is 23.2. The van der Waals surface area contributed by atoms with Crippen LogP contribution in [0.3, 0.4) is 0 Å². The number of hydrogen-bond donors (Lipinski definition) is 1. The summed E-state index contributed by atoms with van der Waals surface area (Å²) in [7, 11) is -3.68. The number of aliphatic imine (C=N–C) groups is 1. The second kappa shape index (κ2) is 8.18. The number of aromatic nitrogens is 1. The Labute approximate surface area is 191 Å². The number of amides is 1. The summed E-state index contributed by atoms with van der Waals surface area (Å²) in [6.45, 7) is 7.56. The van der Waals surface area contributed by atoms with Gasteiger partial charge in [-0.2, -0.15) is 9.39 Å². The van der Waals surface area contributed by atoms with Crippen LogP contribution >= 0.6 is 11.9 Å². The molecular weight excluding hydrogens is 446 g/mol. The topological polar surface area (TPSA) is 108 Å². The molecule has 0 aliphatic carbocycles. The second-order valence-electron chi connectivity index (χ2n) is 7.45. The van der Waals surface area contributed by atoms with Crippen LogP contribution in [-0.2, 0) is 21.1 Å². The minimum Gasteiger partial charge on any atom is -0.318 e. The van der Waals surface area contributed by atoms with E-state index in [2.05, 4.69) is 33.0 Å². The van der Waals surface area contributed by atoms with Gasteiger partial charge in [-0.3, -0.25) is 10.2 Å². The Morgan fingerprint density at radius 1 is 1.19 bits per heavy atom. The van der Waals surface area contributed by atoms with E-state index in [-0.39, 0.29) is 27.5 Å². The van der Waals surface area contributed by atoms with Crippen LogP contribution in [0.2, 0.25) is 0 Å². The maximum atomic E-state index is 12.7. The number of nitrogens with zero attached hydrogens (tertiary/aromatic N) is 4. The average molecular weight is 470 g/mol. The number of sulfone groups is 1. The molecule has 0 unspecified atom stereocenters. The van der Waals surface area contributed by atoms with E-state index in [9.17, 15) is 13.2 Å². The number of para-hydroxylation sites is 1. The monoisotopic (exact) mass is 469 g/mol. The molecule has 1 aromatic heterocycles. The Morgan fingerprint density at radius 3 is 2.59 bits per heavy atom. The third kappa shape index (κ3) is 3.53. The zero-order valence-corrected chi connectivity index (χ0v) is 19.8. The number of hydrogen-bond acceptors (Lipinski definition) is 6. The highest BCUT2D eigenvalue weighted by atomic mass is 32.2. The molecule has 3 heterocycles. The number of fused-ring (bicyclic) bond motifs is 1. The van der Waals surface area contributed by atoms with Crippen molar-refractivity contribution in [1.29, 1.82) is 5.41 Å². The van der Waals surface area contributed by atoms with Crippen molar-refractivity contribution in [2.45, 2.75) is 34.1 Å². The molecule has 1 aromatic carbocycles. The van der Waals surface area contributed by atoms with Gasteiger partial charge < -0.3 is 4.57 Å². The number of benzene rings is 1. The summed E-state index contributed by atoms with van der Waals surface area (Å²) >= 11 is 0.795. The number of carbonyl (C=O) groups excluding carboxylic acids is 1. The van der Waals surface area contributed by atoms with Gasteiger partial charge in [-0.25, -0.2) is 13.3 Å². The van der Waals surface area contributed by atoms with Crippen molar-refractivity contribution in [2.24, 2.45) is 9.39 Å². The van der Waals surface area contributed by atoms with Gasteiger partial charge in [0, 0.05) is 17.1 Å². The third-order valence-corrected chi connectivity index (χ3v) is 7.94. The van der Waals surface area contributed by atoms with E-state index >= 15 is 0 Å². The lowest BCUT2D eigenvalue weighted by atomic mass is 10.1. The first kappa shape index (κ1) is 22.2. The molecule has 2 aliphatic rings.